The molecule has 0 aliphatic heterocycles. The number of hydrogen-bond acceptors (Lipinski definition) is 3. The molecule has 1 aromatic rings. The van der Waals surface area contributed by atoms with Crippen LogP contribution in [0.4, 0.5) is 0 Å². The zero-order valence-electron chi connectivity index (χ0n) is 8.68. The second-order valence-electron chi connectivity index (χ2n) is 2.78. The number of ether oxygens (including phenoxy) is 1. The fourth-order valence-corrected chi connectivity index (χ4v) is 0.683. The van der Waals surface area contributed by atoms with Crippen LogP contribution in [0, 0.1) is 0 Å². The van der Waals surface area contributed by atoms with Gasteiger partial charge >= 0.3 is 0 Å². The van der Waals surface area contributed by atoms with Crippen molar-refractivity contribution < 1.29 is 14.9 Å². The first-order valence-electron chi connectivity index (χ1n) is 4.67. The number of para-hydroxylation sites is 1. The minimum absolute atomic E-state index is 0.139. The van der Waals surface area contributed by atoms with Gasteiger partial charge in [0.1, 0.15) is 5.75 Å². The van der Waals surface area contributed by atoms with Gasteiger partial charge in [0.25, 0.3) is 0 Å². The predicted molar refractivity (Wildman–Crippen MR) is 56.4 cm³/mol. The molecule has 0 spiro atoms. The Morgan fingerprint density at radius 3 is 2.14 bits per heavy atom. The summed E-state index contributed by atoms with van der Waals surface area (Å²) in [6.07, 6.45) is -0.560. The van der Waals surface area contributed by atoms with Crippen molar-refractivity contribution in [2.75, 3.05) is 13.2 Å². The van der Waals surface area contributed by atoms with E-state index in [9.17, 15) is 0 Å². The smallest absolute Gasteiger partial charge is 0.119 e. The molecule has 0 heterocycles. The second kappa shape index (κ2) is 8.53. The van der Waals surface area contributed by atoms with Gasteiger partial charge in [-0.2, -0.15) is 0 Å². The average Bonchev–Trinajstić information content (AvgIpc) is 2.21. The maximum atomic E-state index is 8.11. The Hall–Kier alpha value is -1.06. The molecule has 3 heteroatoms. The van der Waals surface area contributed by atoms with Crippen molar-refractivity contribution in [1.82, 2.24) is 0 Å². The maximum absolute atomic E-state index is 8.11. The quantitative estimate of drug-likeness (QED) is 0.772. The van der Waals surface area contributed by atoms with Crippen molar-refractivity contribution >= 4 is 0 Å². The third-order valence-corrected chi connectivity index (χ3v) is 1.32. The van der Waals surface area contributed by atoms with Crippen LogP contribution >= 0.6 is 0 Å². The van der Waals surface area contributed by atoms with E-state index in [0.717, 1.165) is 12.4 Å². The summed E-state index contributed by atoms with van der Waals surface area (Å²) >= 11 is 0. The Morgan fingerprint density at radius 2 is 1.79 bits per heavy atom. The second-order valence-corrected chi connectivity index (χ2v) is 2.78. The van der Waals surface area contributed by atoms with E-state index in [2.05, 4.69) is 0 Å². The lowest BCUT2D eigenvalue weighted by Crippen LogP contribution is -2.03. The molecule has 0 radical (unpaired) electrons. The summed E-state index contributed by atoms with van der Waals surface area (Å²) in [7, 11) is 0. The summed E-state index contributed by atoms with van der Waals surface area (Å²) in [6, 6.07) is 9.80. The minimum atomic E-state index is -0.560. The van der Waals surface area contributed by atoms with Crippen LogP contribution in [-0.2, 0) is 0 Å². The Morgan fingerprint density at radius 1 is 1.29 bits per heavy atom. The van der Waals surface area contributed by atoms with Crippen LogP contribution in [0.25, 0.3) is 0 Å². The highest BCUT2D eigenvalue weighted by Gasteiger charge is 1.84. The lowest BCUT2D eigenvalue weighted by atomic mass is 10.3. The summed E-state index contributed by atoms with van der Waals surface area (Å²) in [5, 5.41) is 16.0. The maximum Gasteiger partial charge on any atom is 0.119 e. The number of aliphatic hydroxyl groups excluding tert-OH is 2. The Bertz CT molecular complexity index is 209. The highest BCUT2D eigenvalue weighted by molar-refractivity contribution is 5.20. The molecule has 80 valence electrons. The molecule has 0 saturated carbocycles. The molecule has 0 amide bonds. The minimum Gasteiger partial charge on any atom is -0.494 e. The van der Waals surface area contributed by atoms with Gasteiger partial charge in [-0.05, 0) is 26.0 Å². The van der Waals surface area contributed by atoms with Crippen molar-refractivity contribution in [3.05, 3.63) is 30.3 Å². The molecule has 0 aliphatic rings. The topological polar surface area (TPSA) is 49.7 Å². The highest BCUT2D eigenvalue weighted by Crippen LogP contribution is 2.06. The van der Waals surface area contributed by atoms with Gasteiger partial charge < -0.3 is 14.9 Å². The molecule has 0 saturated heterocycles. The van der Waals surface area contributed by atoms with Crippen LogP contribution in [-0.4, -0.2) is 29.5 Å². The van der Waals surface area contributed by atoms with Crippen molar-refractivity contribution in [1.29, 1.82) is 0 Å². The van der Waals surface area contributed by atoms with Gasteiger partial charge in [-0.3, -0.25) is 0 Å². The lowest BCUT2D eigenvalue weighted by Gasteiger charge is -1.99. The molecular weight excluding hydrogens is 180 g/mol. The number of hydrogen-bond donors (Lipinski definition) is 2. The van der Waals surface area contributed by atoms with Gasteiger partial charge in [-0.15, -0.1) is 0 Å². The molecular formula is C11H18O3. The van der Waals surface area contributed by atoms with Crippen LogP contribution in [0.15, 0.2) is 30.3 Å². The standard InChI is InChI=1S/C8H10O.C3H8O2/c1-2-9-8-6-4-3-5-7-8;1-3(5)2-4/h3-7H,2H2,1H3;3-5H,2H2,1H3. The van der Waals surface area contributed by atoms with E-state index in [4.69, 9.17) is 14.9 Å². The zero-order chi connectivity index (χ0) is 10.8. The van der Waals surface area contributed by atoms with Crippen LogP contribution < -0.4 is 4.74 Å². The Kier molecular flexibility index (Phi) is 7.89. The zero-order valence-corrected chi connectivity index (χ0v) is 8.68. The molecule has 14 heavy (non-hydrogen) atoms. The first-order chi connectivity index (χ1) is 6.70. The third kappa shape index (κ3) is 7.58. The number of aliphatic hydroxyl groups is 2. The summed E-state index contributed by atoms with van der Waals surface area (Å²) < 4.78 is 5.21. The van der Waals surface area contributed by atoms with E-state index >= 15 is 0 Å². The van der Waals surface area contributed by atoms with Crippen molar-refractivity contribution in [2.24, 2.45) is 0 Å². The molecule has 1 rings (SSSR count). The summed E-state index contributed by atoms with van der Waals surface area (Å²) in [4.78, 5) is 0. The fourth-order valence-electron chi connectivity index (χ4n) is 0.683. The van der Waals surface area contributed by atoms with Gasteiger partial charge in [-0.25, -0.2) is 0 Å². The van der Waals surface area contributed by atoms with Crippen LogP contribution in [0.1, 0.15) is 13.8 Å². The first-order valence-corrected chi connectivity index (χ1v) is 4.67. The van der Waals surface area contributed by atoms with Crippen molar-refractivity contribution in [3.63, 3.8) is 0 Å². The predicted octanol–water partition coefficient (Wildman–Crippen LogP) is 1.44. The van der Waals surface area contributed by atoms with Crippen molar-refractivity contribution in [3.8, 4) is 5.75 Å². The molecule has 0 fully saturated rings. The van der Waals surface area contributed by atoms with Crippen molar-refractivity contribution in [2.45, 2.75) is 20.0 Å². The van der Waals surface area contributed by atoms with Crippen LogP contribution in [0.2, 0.25) is 0 Å². The molecule has 1 unspecified atom stereocenters. The van der Waals surface area contributed by atoms with E-state index in [-0.39, 0.29) is 6.61 Å². The molecule has 1 atom stereocenters. The molecule has 0 bridgehead atoms. The molecule has 3 nitrogen and oxygen atoms in total. The molecule has 0 aromatic heterocycles. The van der Waals surface area contributed by atoms with Gasteiger partial charge in [0, 0.05) is 0 Å². The molecule has 1 aromatic carbocycles. The van der Waals surface area contributed by atoms with E-state index < -0.39 is 6.10 Å². The van der Waals surface area contributed by atoms with Crippen LogP contribution in [0.5, 0.6) is 5.75 Å². The fraction of sp³-hybridized carbons (Fsp3) is 0.455. The monoisotopic (exact) mass is 198 g/mol. The highest BCUT2D eigenvalue weighted by atomic mass is 16.5. The van der Waals surface area contributed by atoms with E-state index in [0.29, 0.717) is 0 Å². The van der Waals surface area contributed by atoms with E-state index in [1.54, 1.807) is 0 Å². The number of benzene rings is 1. The average molecular weight is 198 g/mol. The van der Waals surface area contributed by atoms with E-state index in [1.807, 2.05) is 37.3 Å². The molecule has 0 aliphatic carbocycles. The SMILES string of the molecule is CC(O)CO.CCOc1ccccc1. The van der Waals surface area contributed by atoms with Gasteiger partial charge in [0.15, 0.2) is 0 Å². The third-order valence-electron chi connectivity index (χ3n) is 1.32. The van der Waals surface area contributed by atoms with E-state index in [1.165, 1.54) is 6.92 Å². The summed E-state index contributed by atoms with van der Waals surface area (Å²) in [5.41, 5.74) is 0. The van der Waals surface area contributed by atoms with Crippen LogP contribution in [0.3, 0.4) is 0 Å². The van der Waals surface area contributed by atoms with Gasteiger partial charge in [-0.1, -0.05) is 18.2 Å². The first kappa shape index (κ1) is 12.9. The lowest BCUT2D eigenvalue weighted by molar-refractivity contribution is 0.110. The Labute approximate surface area is 85.0 Å². The Balaban J connectivity index is 0.000000292. The number of rotatable bonds is 3. The largest absolute Gasteiger partial charge is 0.494 e. The normalized spacial score (nSPS) is 11.1. The van der Waals surface area contributed by atoms with Gasteiger partial charge in [0.2, 0.25) is 0 Å². The van der Waals surface area contributed by atoms with Gasteiger partial charge in [0.05, 0.1) is 19.3 Å². The summed E-state index contributed by atoms with van der Waals surface area (Å²) in [5.74, 6) is 0.944. The summed E-state index contributed by atoms with van der Waals surface area (Å²) in [6.45, 7) is 4.11. The molecule has 2 N–H and O–H groups in total.